The number of aryl methyl sites for hydroxylation is 1. The number of rotatable bonds is 6. The van der Waals surface area contributed by atoms with Crippen LogP contribution in [0.5, 0.6) is 0 Å². The molecule has 0 saturated heterocycles. The first-order valence-electron chi connectivity index (χ1n) is 16.3. The van der Waals surface area contributed by atoms with Crippen LogP contribution in [0.3, 0.4) is 0 Å². The van der Waals surface area contributed by atoms with Crippen molar-refractivity contribution >= 4 is 39.0 Å². The Balaban J connectivity index is 1.14. The zero-order valence-corrected chi connectivity index (χ0v) is 25.7. The molecule has 8 rings (SSSR count). The molecule has 0 atom stereocenters. The standard InChI is InChI=1S/C43H37NO/c1-30-17-23-36(24-18-30)44(37-25-19-32(20-26-37)35-12-7-11-34(29-35)31-9-3-2-4-10-31)38-27-21-33(22-28-38)39-14-8-15-41-40-13-5-6-16-42(40)45-43(39)41/h5-8,11-29,31H,2-4,9-10H2,1H3. The van der Waals surface area contributed by atoms with Gasteiger partial charge in [-0.2, -0.15) is 0 Å². The molecule has 1 aliphatic rings. The predicted molar refractivity (Wildman–Crippen MR) is 190 cm³/mol. The second-order valence-electron chi connectivity index (χ2n) is 12.5. The van der Waals surface area contributed by atoms with E-state index in [9.17, 15) is 0 Å². The normalized spacial score (nSPS) is 13.8. The molecule has 2 heteroatoms. The minimum atomic E-state index is 0.705. The molecule has 0 unspecified atom stereocenters. The van der Waals surface area contributed by atoms with Crippen molar-refractivity contribution in [2.45, 2.75) is 44.9 Å². The molecule has 1 fully saturated rings. The first-order valence-corrected chi connectivity index (χ1v) is 16.3. The third-order valence-corrected chi connectivity index (χ3v) is 9.56. The minimum absolute atomic E-state index is 0.705. The van der Waals surface area contributed by atoms with E-state index in [1.165, 1.54) is 54.4 Å². The highest BCUT2D eigenvalue weighted by atomic mass is 16.3. The number of anilines is 3. The summed E-state index contributed by atoms with van der Waals surface area (Å²) >= 11 is 0. The number of hydrogen-bond acceptors (Lipinski definition) is 2. The molecular formula is C43H37NO. The van der Waals surface area contributed by atoms with Gasteiger partial charge in [0.25, 0.3) is 0 Å². The quantitative estimate of drug-likeness (QED) is 0.194. The summed E-state index contributed by atoms with van der Waals surface area (Å²) < 4.78 is 6.34. The fourth-order valence-corrected chi connectivity index (χ4v) is 7.12. The number of hydrogen-bond donors (Lipinski definition) is 0. The van der Waals surface area contributed by atoms with E-state index >= 15 is 0 Å². The van der Waals surface area contributed by atoms with Crippen molar-refractivity contribution in [3.8, 4) is 22.3 Å². The molecule has 220 valence electrons. The van der Waals surface area contributed by atoms with Crippen LogP contribution < -0.4 is 4.90 Å². The van der Waals surface area contributed by atoms with Crippen LogP contribution in [-0.2, 0) is 0 Å². The van der Waals surface area contributed by atoms with Gasteiger partial charge in [0.2, 0.25) is 0 Å². The molecule has 1 saturated carbocycles. The van der Waals surface area contributed by atoms with Gasteiger partial charge in [-0.1, -0.05) is 122 Å². The van der Waals surface area contributed by atoms with Crippen LogP contribution in [-0.4, -0.2) is 0 Å². The van der Waals surface area contributed by atoms with Crippen molar-refractivity contribution in [3.63, 3.8) is 0 Å². The van der Waals surface area contributed by atoms with Crippen molar-refractivity contribution < 1.29 is 4.42 Å². The number of benzene rings is 6. The largest absolute Gasteiger partial charge is 0.455 e. The smallest absolute Gasteiger partial charge is 0.143 e. The van der Waals surface area contributed by atoms with Gasteiger partial charge in [-0.25, -0.2) is 0 Å². The average Bonchev–Trinajstić information content (AvgIpc) is 3.49. The Bertz CT molecular complexity index is 2080. The molecule has 0 N–H and O–H groups in total. The molecule has 1 aliphatic carbocycles. The summed E-state index contributed by atoms with van der Waals surface area (Å²) in [6.45, 7) is 2.14. The second kappa shape index (κ2) is 11.8. The molecule has 2 nitrogen and oxygen atoms in total. The van der Waals surface area contributed by atoms with E-state index in [0.717, 1.165) is 50.1 Å². The third kappa shape index (κ3) is 5.31. The topological polar surface area (TPSA) is 16.4 Å². The zero-order chi connectivity index (χ0) is 30.2. The third-order valence-electron chi connectivity index (χ3n) is 9.56. The van der Waals surface area contributed by atoms with E-state index in [2.05, 4.69) is 139 Å². The molecule has 7 aromatic rings. The summed E-state index contributed by atoms with van der Waals surface area (Å²) in [4.78, 5) is 2.34. The number of para-hydroxylation sites is 2. The molecular weight excluding hydrogens is 546 g/mol. The van der Waals surface area contributed by atoms with Crippen LogP contribution in [0.15, 0.2) is 144 Å². The van der Waals surface area contributed by atoms with Gasteiger partial charge in [0, 0.05) is 33.4 Å². The SMILES string of the molecule is Cc1ccc(N(c2ccc(-c3cccc(C4CCCCC4)c3)cc2)c2ccc(-c3cccc4c3oc3ccccc34)cc2)cc1. The highest BCUT2D eigenvalue weighted by molar-refractivity contribution is 6.09. The maximum atomic E-state index is 6.34. The van der Waals surface area contributed by atoms with Gasteiger partial charge in [-0.15, -0.1) is 0 Å². The lowest BCUT2D eigenvalue weighted by molar-refractivity contribution is 0.444. The van der Waals surface area contributed by atoms with Crippen molar-refractivity contribution in [1.82, 2.24) is 0 Å². The van der Waals surface area contributed by atoms with Crippen LogP contribution in [0.25, 0.3) is 44.2 Å². The van der Waals surface area contributed by atoms with Crippen LogP contribution in [0, 0.1) is 6.92 Å². The maximum Gasteiger partial charge on any atom is 0.143 e. The van der Waals surface area contributed by atoms with Crippen LogP contribution >= 0.6 is 0 Å². The molecule has 6 aromatic carbocycles. The van der Waals surface area contributed by atoms with Gasteiger partial charge < -0.3 is 9.32 Å². The Morgan fingerprint density at radius 3 is 1.89 bits per heavy atom. The Morgan fingerprint density at radius 2 is 1.16 bits per heavy atom. The van der Waals surface area contributed by atoms with Crippen molar-refractivity contribution in [1.29, 1.82) is 0 Å². The van der Waals surface area contributed by atoms with Crippen molar-refractivity contribution in [2.75, 3.05) is 4.90 Å². The van der Waals surface area contributed by atoms with Gasteiger partial charge in [0.15, 0.2) is 0 Å². The molecule has 1 aromatic heterocycles. The van der Waals surface area contributed by atoms with Crippen LogP contribution in [0.1, 0.15) is 49.1 Å². The van der Waals surface area contributed by atoms with E-state index in [4.69, 9.17) is 4.42 Å². The average molecular weight is 584 g/mol. The molecule has 0 amide bonds. The zero-order valence-electron chi connectivity index (χ0n) is 25.7. The van der Waals surface area contributed by atoms with Gasteiger partial charge in [0.1, 0.15) is 11.2 Å². The lowest BCUT2D eigenvalue weighted by Crippen LogP contribution is -2.09. The fraction of sp³-hybridized carbons (Fsp3) is 0.163. The molecule has 0 spiro atoms. The van der Waals surface area contributed by atoms with Crippen molar-refractivity contribution in [2.24, 2.45) is 0 Å². The van der Waals surface area contributed by atoms with Crippen LogP contribution in [0.2, 0.25) is 0 Å². The van der Waals surface area contributed by atoms with E-state index in [-0.39, 0.29) is 0 Å². The highest BCUT2D eigenvalue weighted by Crippen LogP contribution is 2.40. The number of nitrogens with zero attached hydrogens (tertiary/aromatic N) is 1. The molecule has 0 aliphatic heterocycles. The van der Waals surface area contributed by atoms with Gasteiger partial charge >= 0.3 is 0 Å². The molecule has 0 bridgehead atoms. The number of furan rings is 1. The highest BCUT2D eigenvalue weighted by Gasteiger charge is 2.17. The second-order valence-corrected chi connectivity index (χ2v) is 12.5. The summed E-state index contributed by atoms with van der Waals surface area (Å²) in [5, 5.41) is 2.30. The van der Waals surface area contributed by atoms with Crippen LogP contribution in [0.4, 0.5) is 17.1 Å². The first kappa shape index (κ1) is 27.5. The first-order chi connectivity index (χ1) is 22.2. The van der Waals surface area contributed by atoms with Gasteiger partial charge in [-0.05, 0) is 90.4 Å². The Hall–Kier alpha value is -5.08. The summed E-state index contributed by atoms with van der Waals surface area (Å²) in [7, 11) is 0. The van der Waals surface area contributed by atoms with E-state index in [0.29, 0.717) is 5.92 Å². The van der Waals surface area contributed by atoms with Gasteiger partial charge in [0.05, 0.1) is 0 Å². The Labute approximate surface area is 265 Å². The van der Waals surface area contributed by atoms with Gasteiger partial charge in [-0.3, -0.25) is 0 Å². The summed E-state index contributed by atoms with van der Waals surface area (Å²) in [6.07, 6.45) is 6.74. The van der Waals surface area contributed by atoms with Crippen molar-refractivity contribution in [3.05, 3.63) is 151 Å². The lowest BCUT2D eigenvalue weighted by atomic mass is 9.83. The Morgan fingerprint density at radius 1 is 0.533 bits per heavy atom. The summed E-state index contributed by atoms with van der Waals surface area (Å²) in [5.74, 6) is 0.705. The van der Waals surface area contributed by atoms with E-state index in [1.807, 2.05) is 12.1 Å². The lowest BCUT2D eigenvalue weighted by Gasteiger charge is -2.26. The summed E-state index contributed by atoms with van der Waals surface area (Å²) in [5.41, 5.74) is 12.8. The maximum absolute atomic E-state index is 6.34. The predicted octanol–water partition coefficient (Wildman–Crippen LogP) is 12.7. The monoisotopic (exact) mass is 583 g/mol. The Kier molecular flexibility index (Phi) is 7.19. The summed E-state index contributed by atoms with van der Waals surface area (Å²) in [6, 6.07) is 50.6. The fourth-order valence-electron chi connectivity index (χ4n) is 7.12. The molecule has 0 radical (unpaired) electrons. The van der Waals surface area contributed by atoms with E-state index in [1.54, 1.807) is 0 Å². The number of fused-ring (bicyclic) bond motifs is 3. The molecule has 45 heavy (non-hydrogen) atoms. The minimum Gasteiger partial charge on any atom is -0.455 e. The van der Waals surface area contributed by atoms with E-state index < -0.39 is 0 Å². The molecule has 1 heterocycles.